The minimum absolute atomic E-state index is 0.0337. The van der Waals surface area contributed by atoms with Crippen LogP contribution in [-0.4, -0.2) is 39.4 Å². The Morgan fingerprint density at radius 2 is 2.32 bits per heavy atom. The number of anilines is 1. The van der Waals surface area contributed by atoms with Gasteiger partial charge in [0.2, 0.25) is 11.1 Å². The van der Waals surface area contributed by atoms with E-state index in [0.717, 1.165) is 23.1 Å². The quantitative estimate of drug-likeness (QED) is 0.442. The standard InChI is InChI=1S/C17H15N5O4S2/c1-3-25-16(24)13-9(2)10(7-18)15(28-13)19-12(23)8-27-17-20-14(21-22-17)11-5-4-6-26-11/h4-6H,3,8H2,1-2H3,(H,19,23)(H,20,21,22). The van der Waals surface area contributed by atoms with Crippen LogP contribution >= 0.6 is 23.1 Å². The Bertz CT molecular complexity index is 1030. The highest BCUT2D eigenvalue weighted by atomic mass is 32.2. The maximum atomic E-state index is 12.3. The van der Waals surface area contributed by atoms with Gasteiger partial charge in [-0.3, -0.25) is 9.89 Å². The average molecular weight is 417 g/mol. The molecular formula is C17H15N5O4S2. The predicted molar refractivity (Wildman–Crippen MR) is 103 cm³/mol. The predicted octanol–water partition coefficient (Wildman–Crippen LogP) is 3.21. The number of thioether (sulfide) groups is 1. The molecule has 0 fully saturated rings. The van der Waals surface area contributed by atoms with Crippen molar-refractivity contribution in [1.82, 2.24) is 15.2 Å². The molecule has 0 unspecified atom stereocenters. The van der Waals surface area contributed by atoms with Gasteiger partial charge in [-0.05, 0) is 31.5 Å². The summed E-state index contributed by atoms with van der Waals surface area (Å²) in [6.45, 7) is 3.58. The topological polar surface area (TPSA) is 134 Å². The van der Waals surface area contributed by atoms with E-state index in [1.54, 1.807) is 26.0 Å². The average Bonchev–Trinajstić information content (AvgIpc) is 3.40. The maximum Gasteiger partial charge on any atom is 0.348 e. The first kappa shape index (κ1) is 19.7. The van der Waals surface area contributed by atoms with Crippen LogP contribution in [0, 0.1) is 18.3 Å². The summed E-state index contributed by atoms with van der Waals surface area (Å²) in [5, 5.41) is 19.5. The number of H-pyrrole nitrogens is 1. The Morgan fingerprint density at radius 1 is 1.50 bits per heavy atom. The number of aromatic amines is 1. The number of ether oxygens (including phenoxy) is 1. The van der Waals surface area contributed by atoms with Crippen molar-refractivity contribution in [2.75, 3.05) is 17.7 Å². The fraction of sp³-hybridized carbons (Fsp3) is 0.235. The van der Waals surface area contributed by atoms with Crippen molar-refractivity contribution in [3.63, 3.8) is 0 Å². The normalized spacial score (nSPS) is 10.5. The number of nitrogens with zero attached hydrogens (tertiary/aromatic N) is 3. The van der Waals surface area contributed by atoms with Gasteiger partial charge in [-0.2, -0.15) is 10.2 Å². The highest BCUT2D eigenvalue weighted by molar-refractivity contribution is 7.99. The number of hydrogen-bond donors (Lipinski definition) is 2. The van der Waals surface area contributed by atoms with Crippen LogP contribution in [0.1, 0.15) is 27.7 Å². The third kappa shape index (κ3) is 4.24. The molecule has 3 heterocycles. The molecule has 0 radical (unpaired) electrons. The molecule has 11 heteroatoms. The summed E-state index contributed by atoms with van der Waals surface area (Å²) in [6.07, 6.45) is 1.53. The molecule has 144 valence electrons. The van der Waals surface area contributed by atoms with E-state index >= 15 is 0 Å². The molecule has 0 aliphatic rings. The first-order chi connectivity index (χ1) is 13.5. The van der Waals surface area contributed by atoms with E-state index < -0.39 is 5.97 Å². The molecule has 0 bridgehead atoms. The second-order valence-corrected chi connectivity index (χ2v) is 7.34. The van der Waals surface area contributed by atoms with E-state index in [4.69, 9.17) is 9.15 Å². The van der Waals surface area contributed by atoms with Gasteiger partial charge in [0.05, 0.1) is 24.2 Å². The number of nitriles is 1. The minimum Gasteiger partial charge on any atom is -0.462 e. The molecular weight excluding hydrogens is 402 g/mol. The fourth-order valence-electron chi connectivity index (χ4n) is 2.25. The van der Waals surface area contributed by atoms with Gasteiger partial charge >= 0.3 is 5.97 Å². The van der Waals surface area contributed by atoms with Gasteiger partial charge in [-0.25, -0.2) is 4.79 Å². The Labute approximate surface area is 168 Å². The lowest BCUT2D eigenvalue weighted by molar-refractivity contribution is -0.113. The van der Waals surface area contributed by atoms with Crippen molar-refractivity contribution in [3.8, 4) is 17.7 Å². The van der Waals surface area contributed by atoms with Crippen LogP contribution in [0.2, 0.25) is 0 Å². The van der Waals surface area contributed by atoms with Crippen LogP contribution in [0.4, 0.5) is 5.00 Å². The molecule has 2 N–H and O–H groups in total. The fourth-order valence-corrected chi connectivity index (χ4v) is 3.92. The number of nitrogens with one attached hydrogen (secondary N) is 2. The highest BCUT2D eigenvalue weighted by Crippen LogP contribution is 2.33. The molecule has 3 aromatic heterocycles. The van der Waals surface area contributed by atoms with E-state index in [1.165, 1.54) is 6.26 Å². The van der Waals surface area contributed by atoms with Gasteiger partial charge in [0.15, 0.2) is 11.6 Å². The van der Waals surface area contributed by atoms with E-state index in [1.807, 2.05) is 6.07 Å². The number of carbonyl (C=O) groups excluding carboxylic acids is 2. The minimum atomic E-state index is -0.512. The molecule has 0 saturated heterocycles. The van der Waals surface area contributed by atoms with Crippen LogP contribution in [0.15, 0.2) is 28.0 Å². The van der Waals surface area contributed by atoms with Crippen molar-refractivity contribution in [1.29, 1.82) is 5.26 Å². The summed E-state index contributed by atoms with van der Waals surface area (Å²) in [5.41, 5.74) is 0.746. The molecule has 28 heavy (non-hydrogen) atoms. The number of furan rings is 1. The summed E-state index contributed by atoms with van der Waals surface area (Å²) in [7, 11) is 0. The molecule has 3 rings (SSSR count). The van der Waals surface area contributed by atoms with E-state index in [2.05, 4.69) is 20.5 Å². The zero-order valence-electron chi connectivity index (χ0n) is 14.9. The number of aromatic nitrogens is 3. The number of carbonyl (C=O) groups is 2. The van der Waals surface area contributed by atoms with Crippen molar-refractivity contribution in [2.24, 2.45) is 0 Å². The van der Waals surface area contributed by atoms with Crippen LogP contribution in [0.25, 0.3) is 11.6 Å². The molecule has 9 nitrogen and oxygen atoms in total. The Balaban J connectivity index is 1.64. The molecule has 0 aliphatic heterocycles. The number of esters is 1. The summed E-state index contributed by atoms with van der Waals surface area (Å²) < 4.78 is 10.2. The zero-order chi connectivity index (χ0) is 20.1. The molecule has 0 spiro atoms. The van der Waals surface area contributed by atoms with Crippen LogP contribution in [0.3, 0.4) is 0 Å². The molecule has 0 atom stereocenters. The lowest BCUT2D eigenvalue weighted by atomic mass is 10.2. The molecule has 0 aliphatic carbocycles. The van der Waals surface area contributed by atoms with Gasteiger partial charge in [0.1, 0.15) is 15.9 Å². The molecule has 1 amide bonds. The van der Waals surface area contributed by atoms with E-state index in [-0.39, 0.29) is 23.8 Å². The van der Waals surface area contributed by atoms with Crippen LogP contribution < -0.4 is 5.32 Å². The molecule has 3 aromatic rings. The van der Waals surface area contributed by atoms with Gasteiger partial charge in [-0.15, -0.1) is 16.4 Å². The SMILES string of the molecule is CCOC(=O)c1sc(NC(=O)CSc2n[nH]c(-c3ccco3)n2)c(C#N)c1C. The van der Waals surface area contributed by atoms with Gasteiger partial charge in [-0.1, -0.05) is 11.8 Å². The van der Waals surface area contributed by atoms with Crippen molar-refractivity contribution in [2.45, 2.75) is 19.0 Å². The Kier molecular flexibility index (Phi) is 6.13. The number of hydrogen-bond acceptors (Lipinski definition) is 9. The summed E-state index contributed by atoms with van der Waals surface area (Å²) in [5.74, 6) is 0.187. The van der Waals surface area contributed by atoms with Crippen molar-refractivity contribution >= 4 is 40.0 Å². The van der Waals surface area contributed by atoms with Crippen molar-refractivity contribution < 1.29 is 18.7 Å². The van der Waals surface area contributed by atoms with Crippen LogP contribution in [0.5, 0.6) is 0 Å². The van der Waals surface area contributed by atoms with Crippen LogP contribution in [-0.2, 0) is 9.53 Å². The highest BCUT2D eigenvalue weighted by Gasteiger charge is 2.22. The monoisotopic (exact) mass is 417 g/mol. The number of thiophene rings is 1. The van der Waals surface area contributed by atoms with E-state index in [0.29, 0.717) is 32.2 Å². The lowest BCUT2D eigenvalue weighted by Gasteiger charge is -2.01. The zero-order valence-corrected chi connectivity index (χ0v) is 16.6. The van der Waals surface area contributed by atoms with Gasteiger partial charge in [0, 0.05) is 0 Å². The third-order valence-electron chi connectivity index (χ3n) is 3.52. The number of amides is 1. The second kappa shape index (κ2) is 8.73. The van der Waals surface area contributed by atoms with Crippen molar-refractivity contribution in [3.05, 3.63) is 34.4 Å². The lowest BCUT2D eigenvalue weighted by Crippen LogP contribution is -2.14. The summed E-state index contributed by atoms with van der Waals surface area (Å²) in [4.78, 5) is 28.8. The molecule has 0 aromatic carbocycles. The first-order valence-electron chi connectivity index (χ1n) is 8.13. The second-order valence-electron chi connectivity index (χ2n) is 5.37. The summed E-state index contributed by atoms with van der Waals surface area (Å²) in [6, 6.07) is 5.50. The Morgan fingerprint density at radius 3 is 3.00 bits per heavy atom. The smallest absolute Gasteiger partial charge is 0.348 e. The summed E-state index contributed by atoms with van der Waals surface area (Å²) >= 11 is 2.15. The number of rotatable bonds is 7. The van der Waals surface area contributed by atoms with Gasteiger partial charge < -0.3 is 14.5 Å². The van der Waals surface area contributed by atoms with Gasteiger partial charge in [0.25, 0.3) is 0 Å². The largest absolute Gasteiger partial charge is 0.462 e. The maximum absolute atomic E-state index is 12.3. The first-order valence-corrected chi connectivity index (χ1v) is 9.93. The Hall–Kier alpha value is -3.10. The van der Waals surface area contributed by atoms with E-state index in [9.17, 15) is 14.9 Å². The molecule has 0 saturated carbocycles. The third-order valence-corrected chi connectivity index (χ3v) is 5.56.